The number of benzene rings is 1. The van der Waals surface area contributed by atoms with Crippen LogP contribution in [0.1, 0.15) is 24.4 Å². The SMILES string of the molecule is COc1ccc(-c2noc(CN3CCCC(C(=O)NCc4ccccn4)C3)n2)cc1. The van der Waals surface area contributed by atoms with E-state index in [-0.39, 0.29) is 11.8 Å². The van der Waals surface area contributed by atoms with Gasteiger partial charge in [-0.1, -0.05) is 11.2 Å². The standard InChI is InChI=1S/C22H25N5O3/c1-29-19-9-7-16(8-10-19)21-25-20(30-26-21)15-27-12-4-5-17(14-27)22(28)24-13-18-6-2-3-11-23-18/h2-3,6-11,17H,4-5,12-15H2,1H3,(H,24,28). The highest BCUT2D eigenvalue weighted by atomic mass is 16.5. The van der Waals surface area contributed by atoms with Crippen LogP contribution in [0, 0.1) is 5.92 Å². The Morgan fingerprint density at radius 3 is 2.90 bits per heavy atom. The van der Waals surface area contributed by atoms with Gasteiger partial charge in [0.1, 0.15) is 5.75 Å². The number of nitrogens with zero attached hydrogens (tertiary/aromatic N) is 4. The summed E-state index contributed by atoms with van der Waals surface area (Å²) in [6, 6.07) is 13.2. The third-order valence-corrected chi connectivity index (χ3v) is 5.22. The van der Waals surface area contributed by atoms with Gasteiger partial charge in [-0.15, -0.1) is 0 Å². The van der Waals surface area contributed by atoms with Crippen LogP contribution in [0.5, 0.6) is 5.75 Å². The van der Waals surface area contributed by atoms with Gasteiger partial charge in [0.15, 0.2) is 0 Å². The molecule has 8 heteroatoms. The van der Waals surface area contributed by atoms with Crippen LogP contribution in [-0.4, -0.2) is 46.1 Å². The lowest BCUT2D eigenvalue weighted by Gasteiger charge is -2.30. The number of carbonyl (C=O) groups is 1. The monoisotopic (exact) mass is 407 g/mol. The molecule has 8 nitrogen and oxygen atoms in total. The summed E-state index contributed by atoms with van der Waals surface area (Å²) in [7, 11) is 1.63. The summed E-state index contributed by atoms with van der Waals surface area (Å²) in [6.45, 7) is 2.57. The van der Waals surface area contributed by atoms with Gasteiger partial charge in [-0.3, -0.25) is 14.7 Å². The molecule has 3 heterocycles. The van der Waals surface area contributed by atoms with E-state index >= 15 is 0 Å². The summed E-state index contributed by atoms with van der Waals surface area (Å²) in [5.74, 6) is 1.90. The van der Waals surface area contributed by atoms with E-state index in [1.54, 1.807) is 13.3 Å². The van der Waals surface area contributed by atoms with Gasteiger partial charge in [0.25, 0.3) is 0 Å². The van der Waals surface area contributed by atoms with Crippen LogP contribution < -0.4 is 10.1 Å². The van der Waals surface area contributed by atoms with Gasteiger partial charge >= 0.3 is 0 Å². The average molecular weight is 407 g/mol. The predicted octanol–water partition coefficient (Wildman–Crippen LogP) is 2.67. The van der Waals surface area contributed by atoms with E-state index in [9.17, 15) is 4.79 Å². The Balaban J connectivity index is 1.31. The van der Waals surface area contributed by atoms with Crippen LogP contribution >= 0.6 is 0 Å². The first-order valence-electron chi connectivity index (χ1n) is 10.1. The predicted molar refractivity (Wildman–Crippen MR) is 110 cm³/mol. The number of ether oxygens (including phenoxy) is 1. The number of amides is 1. The van der Waals surface area contributed by atoms with E-state index in [1.165, 1.54) is 0 Å². The van der Waals surface area contributed by atoms with Gasteiger partial charge in [-0.2, -0.15) is 4.98 Å². The Morgan fingerprint density at radius 2 is 2.13 bits per heavy atom. The molecular formula is C22H25N5O3. The number of likely N-dealkylation sites (tertiary alicyclic amines) is 1. The number of piperidine rings is 1. The second-order valence-corrected chi connectivity index (χ2v) is 7.35. The molecule has 0 aliphatic carbocycles. The number of pyridine rings is 1. The van der Waals surface area contributed by atoms with Crippen molar-refractivity contribution in [3.8, 4) is 17.1 Å². The van der Waals surface area contributed by atoms with Crippen molar-refractivity contribution in [2.75, 3.05) is 20.2 Å². The molecule has 1 aromatic carbocycles. The van der Waals surface area contributed by atoms with Crippen molar-refractivity contribution >= 4 is 5.91 Å². The molecule has 30 heavy (non-hydrogen) atoms. The number of carbonyl (C=O) groups excluding carboxylic acids is 1. The van der Waals surface area contributed by atoms with Gasteiger partial charge in [0.05, 0.1) is 31.8 Å². The first-order valence-corrected chi connectivity index (χ1v) is 10.1. The number of aromatic nitrogens is 3. The zero-order chi connectivity index (χ0) is 20.8. The molecule has 0 saturated carbocycles. The minimum atomic E-state index is -0.0496. The second kappa shape index (κ2) is 9.49. The van der Waals surface area contributed by atoms with E-state index in [1.807, 2.05) is 42.5 Å². The van der Waals surface area contributed by atoms with E-state index in [4.69, 9.17) is 9.26 Å². The topological polar surface area (TPSA) is 93.4 Å². The lowest BCUT2D eigenvalue weighted by atomic mass is 9.97. The molecule has 1 aliphatic heterocycles. The van der Waals surface area contributed by atoms with E-state index < -0.39 is 0 Å². The lowest BCUT2D eigenvalue weighted by molar-refractivity contribution is -0.127. The molecule has 1 fully saturated rings. The highest BCUT2D eigenvalue weighted by molar-refractivity contribution is 5.78. The molecule has 1 unspecified atom stereocenters. The van der Waals surface area contributed by atoms with Gasteiger partial charge in [0.2, 0.25) is 17.6 Å². The highest BCUT2D eigenvalue weighted by Crippen LogP contribution is 2.22. The smallest absolute Gasteiger partial charge is 0.241 e. The minimum absolute atomic E-state index is 0.0496. The molecule has 0 bridgehead atoms. The molecule has 1 saturated heterocycles. The van der Waals surface area contributed by atoms with Crippen LogP contribution in [-0.2, 0) is 17.9 Å². The Labute approximate surface area is 175 Å². The molecule has 0 radical (unpaired) electrons. The quantitative estimate of drug-likeness (QED) is 0.643. The first kappa shape index (κ1) is 20.0. The number of nitrogens with one attached hydrogen (secondary N) is 1. The third-order valence-electron chi connectivity index (χ3n) is 5.22. The highest BCUT2D eigenvalue weighted by Gasteiger charge is 2.26. The molecule has 1 atom stereocenters. The Kier molecular flexibility index (Phi) is 6.34. The summed E-state index contributed by atoms with van der Waals surface area (Å²) in [5, 5.41) is 7.08. The van der Waals surface area contributed by atoms with Crippen LogP contribution in [0.25, 0.3) is 11.4 Å². The van der Waals surface area contributed by atoms with E-state index in [2.05, 4.69) is 25.3 Å². The Hall–Kier alpha value is -3.26. The number of hydrogen-bond acceptors (Lipinski definition) is 7. The molecule has 1 amide bonds. The van der Waals surface area contributed by atoms with Gasteiger partial charge in [-0.25, -0.2) is 0 Å². The average Bonchev–Trinajstić information content (AvgIpc) is 3.27. The van der Waals surface area contributed by atoms with Crippen LogP contribution in [0.15, 0.2) is 53.2 Å². The maximum Gasteiger partial charge on any atom is 0.241 e. The van der Waals surface area contributed by atoms with Crippen LogP contribution in [0.4, 0.5) is 0 Å². The van der Waals surface area contributed by atoms with Crippen molar-refractivity contribution in [3.63, 3.8) is 0 Å². The molecule has 3 aromatic rings. The molecule has 1 N–H and O–H groups in total. The lowest BCUT2D eigenvalue weighted by Crippen LogP contribution is -2.42. The van der Waals surface area contributed by atoms with Crippen LogP contribution in [0.2, 0.25) is 0 Å². The fourth-order valence-electron chi connectivity index (χ4n) is 3.61. The summed E-state index contributed by atoms with van der Waals surface area (Å²) >= 11 is 0. The van der Waals surface area contributed by atoms with Crippen LogP contribution in [0.3, 0.4) is 0 Å². The molecule has 156 valence electrons. The van der Waals surface area contributed by atoms with Crippen molar-refractivity contribution in [2.24, 2.45) is 5.92 Å². The summed E-state index contributed by atoms with van der Waals surface area (Å²) < 4.78 is 10.6. The fraction of sp³-hybridized carbons (Fsp3) is 0.364. The van der Waals surface area contributed by atoms with Gasteiger partial charge in [0, 0.05) is 18.3 Å². The van der Waals surface area contributed by atoms with Gasteiger partial charge in [-0.05, 0) is 55.8 Å². The Bertz CT molecular complexity index is 958. The summed E-state index contributed by atoms with van der Waals surface area (Å²) in [5.41, 5.74) is 1.73. The van der Waals surface area contributed by atoms with Gasteiger partial charge < -0.3 is 14.6 Å². The zero-order valence-corrected chi connectivity index (χ0v) is 17.0. The fourth-order valence-corrected chi connectivity index (χ4v) is 3.61. The minimum Gasteiger partial charge on any atom is -0.497 e. The second-order valence-electron chi connectivity index (χ2n) is 7.35. The molecule has 4 rings (SSSR count). The van der Waals surface area contributed by atoms with E-state index in [0.717, 1.165) is 36.4 Å². The Morgan fingerprint density at radius 1 is 1.27 bits per heavy atom. The van der Waals surface area contributed by atoms with Crippen molar-refractivity contribution in [1.82, 2.24) is 25.3 Å². The molecule has 1 aliphatic rings. The maximum absolute atomic E-state index is 12.6. The summed E-state index contributed by atoms with van der Waals surface area (Å²) in [6.07, 6.45) is 3.57. The molecule has 2 aromatic heterocycles. The summed E-state index contributed by atoms with van der Waals surface area (Å²) in [4.78, 5) is 23.5. The van der Waals surface area contributed by atoms with Crippen molar-refractivity contribution in [3.05, 3.63) is 60.2 Å². The van der Waals surface area contributed by atoms with Crippen molar-refractivity contribution in [1.29, 1.82) is 0 Å². The molecular weight excluding hydrogens is 382 g/mol. The largest absolute Gasteiger partial charge is 0.497 e. The third kappa shape index (κ3) is 5.01. The maximum atomic E-state index is 12.6. The normalized spacial score (nSPS) is 16.9. The zero-order valence-electron chi connectivity index (χ0n) is 17.0. The molecule has 0 spiro atoms. The number of methoxy groups -OCH3 is 1. The number of rotatable bonds is 7. The van der Waals surface area contributed by atoms with E-state index in [0.29, 0.717) is 31.3 Å². The first-order chi connectivity index (χ1) is 14.7. The van der Waals surface area contributed by atoms with Crippen molar-refractivity contribution in [2.45, 2.75) is 25.9 Å². The van der Waals surface area contributed by atoms with Crippen molar-refractivity contribution < 1.29 is 14.1 Å². The number of hydrogen-bond donors (Lipinski definition) is 1.